The molecule has 1 aliphatic rings. The number of carbonyl (C=O) groups is 1. The third-order valence-electron chi connectivity index (χ3n) is 4.25. The average molecular weight is 438 g/mol. The fourth-order valence-corrected chi connectivity index (χ4v) is 3.85. The number of fused-ring (bicyclic) bond motifs is 3. The number of non-ortho nitro benzene ring substituents is 1. The molecule has 1 amide bonds. The van der Waals surface area contributed by atoms with Crippen LogP contribution in [0, 0.1) is 10.1 Å². The van der Waals surface area contributed by atoms with E-state index in [1.165, 1.54) is 18.2 Å². The van der Waals surface area contributed by atoms with Crippen molar-refractivity contribution in [3.63, 3.8) is 0 Å². The zero-order chi connectivity index (χ0) is 20.6. The number of carbonyl (C=O) groups excluding carboxylic acids is 1. The van der Waals surface area contributed by atoms with Gasteiger partial charge in [0.1, 0.15) is 0 Å². The van der Waals surface area contributed by atoms with Gasteiger partial charge in [-0.1, -0.05) is 0 Å². The van der Waals surface area contributed by atoms with Crippen molar-refractivity contribution in [1.29, 1.82) is 0 Å². The van der Waals surface area contributed by atoms with Crippen LogP contribution in [0.5, 0.6) is 0 Å². The van der Waals surface area contributed by atoms with Crippen LogP contribution in [0.25, 0.3) is 10.8 Å². The number of rotatable bonds is 5. The van der Waals surface area contributed by atoms with Crippen molar-refractivity contribution in [2.75, 3.05) is 17.3 Å². The molecule has 0 aromatic heterocycles. The van der Waals surface area contributed by atoms with E-state index in [9.17, 15) is 28.1 Å². The highest BCUT2D eigenvalue weighted by molar-refractivity contribution is 7.94. The van der Waals surface area contributed by atoms with Crippen LogP contribution in [0.1, 0.15) is 11.5 Å². The summed E-state index contributed by atoms with van der Waals surface area (Å²) < 4.78 is 43.5. The molecule has 2 aromatic carbocycles. The van der Waals surface area contributed by atoms with E-state index in [0.717, 1.165) is 6.07 Å². The summed E-state index contributed by atoms with van der Waals surface area (Å²) >= 11 is 6.63. The van der Waals surface area contributed by atoms with Gasteiger partial charge in [-0.3, -0.25) is 14.9 Å². The highest BCUT2D eigenvalue weighted by atomic mass is 35.5. The molecule has 0 saturated carbocycles. The Bertz CT molecular complexity index is 959. The molecule has 13 heteroatoms. The standard InChI is InChI=1S/C15H11ClF3N3O5S/c16-5-7-6-21(14(23)15(17,18)19)12-4-11(22(24)25)9-2-1-8(28-27-26-20)3-10(9)13(7)12/h1-4,7H,5-6,20H2. The maximum atomic E-state index is 13.0. The lowest BCUT2D eigenvalue weighted by Gasteiger charge is -2.19. The Kier molecular flexibility index (Phi) is 5.68. The zero-order valence-electron chi connectivity index (χ0n) is 13.7. The number of benzene rings is 2. The van der Waals surface area contributed by atoms with E-state index >= 15 is 0 Å². The Morgan fingerprint density at radius 1 is 1.39 bits per heavy atom. The number of hydrogen-bond acceptors (Lipinski definition) is 7. The molecule has 0 bridgehead atoms. The van der Waals surface area contributed by atoms with Crippen molar-refractivity contribution in [3.05, 3.63) is 39.9 Å². The molecule has 150 valence electrons. The van der Waals surface area contributed by atoms with E-state index in [2.05, 4.69) is 9.32 Å². The minimum absolute atomic E-state index is 0.0820. The second-order valence-corrected chi connectivity index (χ2v) is 6.89. The van der Waals surface area contributed by atoms with Gasteiger partial charge in [0, 0.05) is 29.3 Å². The monoisotopic (exact) mass is 437 g/mol. The normalized spacial score (nSPS) is 16.5. The van der Waals surface area contributed by atoms with Crippen LogP contribution in [0.15, 0.2) is 29.2 Å². The molecule has 8 nitrogen and oxygen atoms in total. The molecule has 1 unspecified atom stereocenters. The Morgan fingerprint density at radius 3 is 2.68 bits per heavy atom. The fourth-order valence-electron chi connectivity index (χ4n) is 3.19. The lowest BCUT2D eigenvalue weighted by atomic mass is 9.95. The number of nitrogens with two attached hydrogens (primary N) is 1. The molecule has 0 spiro atoms. The molecule has 3 rings (SSSR count). The molecular formula is C15H11ClF3N3O5S. The minimum Gasteiger partial charge on any atom is -0.303 e. The summed E-state index contributed by atoms with van der Waals surface area (Å²) in [6, 6.07) is 5.37. The fraction of sp³-hybridized carbons (Fsp3) is 0.267. The maximum Gasteiger partial charge on any atom is 0.471 e. The first-order chi connectivity index (χ1) is 13.2. The second-order valence-electron chi connectivity index (χ2n) is 5.81. The highest BCUT2D eigenvalue weighted by Gasteiger charge is 2.47. The first-order valence-electron chi connectivity index (χ1n) is 7.58. The molecule has 1 heterocycles. The van der Waals surface area contributed by atoms with Gasteiger partial charge in [0.15, 0.2) is 0 Å². The van der Waals surface area contributed by atoms with E-state index < -0.39 is 28.6 Å². The first-order valence-corrected chi connectivity index (χ1v) is 8.86. The van der Waals surface area contributed by atoms with Crippen LogP contribution in [-0.2, 0) is 14.1 Å². The lowest BCUT2D eigenvalue weighted by molar-refractivity contribution is -0.383. The molecule has 2 N–H and O–H groups in total. The predicted molar refractivity (Wildman–Crippen MR) is 94.7 cm³/mol. The predicted octanol–water partition coefficient (Wildman–Crippen LogP) is 3.81. The number of amides is 1. The third kappa shape index (κ3) is 3.61. The summed E-state index contributed by atoms with van der Waals surface area (Å²) in [5, 5.41) is 12.0. The van der Waals surface area contributed by atoms with E-state index in [4.69, 9.17) is 17.5 Å². The van der Waals surface area contributed by atoms with Crippen molar-refractivity contribution in [2.24, 2.45) is 5.90 Å². The third-order valence-corrected chi connectivity index (χ3v) is 5.21. The molecule has 28 heavy (non-hydrogen) atoms. The Morgan fingerprint density at radius 2 is 2.11 bits per heavy atom. The Labute approximate surface area is 164 Å². The van der Waals surface area contributed by atoms with E-state index in [-0.39, 0.29) is 28.9 Å². The SMILES string of the molecule is NOOSc1ccc2c([N+](=O)[O-])cc3c(c2c1)C(CCl)CN3C(=O)C(F)(F)F. The molecular weight excluding hydrogens is 427 g/mol. The summed E-state index contributed by atoms with van der Waals surface area (Å²) in [4.78, 5) is 27.5. The summed E-state index contributed by atoms with van der Waals surface area (Å²) in [5.41, 5.74) is -0.300. The lowest BCUT2D eigenvalue weighted by Crippen LogP contribution is -2.40. The van der Waals surface area contributed by atoms with Crippen LogP contribution in [0.2, 0.25) is 0 Å². The van der Waals surface area contributed by atoms with Crippen molar-refractivity contribution < 1.29 is 32.2 Å². The first kappa shape index (κ1) is 20.6. The number of hydrogen-bond donors (Lipinski definition) is 1. The molecule has 0 aliphatic carbocycles. The van der Waals surface area contributed by atoms with Gasteiger partial charge in [-0.2, -0.15) is 19.1 Å². The number of nitro groups is 1. The minimum atomic E-state index is -5.13. The van der Waals surface area contributed by atoms with Gasteiger partial charge in [0.2, 0.25) is 0 Å². The van der Waals surface area contributed by atoms with Crippen molar-refractivity contribution in [1.82, 2.24) is 0 Å². The van der Waals surface area contributed by atoms with E-state index in [1.54, 1.807) is 0 Å². The van der Waals surface area contributed by atoms with Crippen molar-refractivity contribution in [3.8, 4) is 0 Å². The second kappa shape index (κ2) is 7.72. The zero-order valence-corrected chi connectivity index (χ0v) is 15.3. The smallest absolute Gasteiger partial charge is 0.303 e. The number of anilines is 1. The van der Waals surface area contributed by atoms with Gasteiger partial charge in [-0.05, 0) is 29.1 Å². The average Bonchev–Trinajstić information content (AvgIpc) is 3.02. The van der Waals surface area contributed by atoms with Crippen LogP contribution < -0.4 is 10.8 Å². The molecule has 2 aromatic rings. The topological polar surface area (TPSA) is 108 Å². The number of nitro benzene ring substituents is 1. The van der Waals surface area contributed by atoms with Crippen LogP contribution in [-0.4, -0.2) is 29.4 Å². The summed E-state index contributed by atoms with van der Waals surface area (Å²) in [6.07, 6.45) is -5.13. The van der Waals surface area contributed by atoms with Crippen LogP contribution in [0.4, 0.5) is 24.5 Å². The Hall–Kier alpha value is -2.12. The molecule has 0 radical (unpaired) electrons. The quantitative estimate of drug-likeness (QED) is 0.249. The molecule has 1 aliphatic heterocycles. The van der Waals surface area contributed by atoms with Crippen LogP contribution >= 0.6 is 23.6 Å². The number of nitrogens with zero attached hydrogens (tertiary/aromatic N) is 2. The van der Waals surface area contributed by atoms with E-state index in [1.807, 2.05) is 0 Å². The van der Waals surface area contributed by atoms with Gasteiger partial charge >= 0.3 is 12.1 Å². The number of alkyl halides is 4. The molecule has 1 atom stereocenters. The van der Waals surface area contributed by atoms with E-state index in [0.29, 0.717) is 27.4 Å². The van der Waals surface area contributed by atoms with Gasteiger partial charge in [-0.15, -0.1) is 20.9 Å². The summed E-state index contributed by atoms with van der Waals surface area (Å²) in [5.74, 6) is 1.95. The van der Waals surface area contributed by atoms with Gasteiger partial charge in [-0.25, -0.2) is 0 Å². The largest absolute Gasteiger partial charge is 0.471 e. The summed E-state index contributed by atoms with van der Waals surface area (Å²) in [6.45, 7) is -0.340. The number of halogens is 4. The van der Waals surface area contributed by atoms with Crippen LogP contribution in [0.3, 0.4) is 0 Å². The Balaban J connectivity index is 2.27. The van der Waals surface area contributed by atoms with Crippen molar-refractivity contribution in [2.45, 2.75) is 17.0 Å². The summed E-state index contributed by atoms with van der Waals surface area (Å²) in [7, 11) is 0. The maximum absolute atomic E-state index is 13.0. The van der Waals surface area contributed by atoms with Gasteiger partial charge < -0.3 is 4.90 Å². The van der Waals surface area contributed by atoms with Gasteiger partial charge in [0.05, 0.1) is 28.0 Å². The van der Waals surface area contributed by atoms with Gasteiger partial charge in [0.25, 0.3) is 5.69 Å². The van der Waals surface area contributed by atoms with Crippen molar-refractivity contribution >= 4 is 51.7 Å². The molecule has 0 fully saturated rings. The molecule has 0 saturated heterocycles. The highest BCUT2D eigenvalue weighted by Crippen LogP contribution is 2.47.